The minimum Gasteiger partial charge on any atom is -0.379 e. The summed E-state index contributed by atoms with van der Waals surface area (Å²) in [6.07, 6.45) is 2.70. The van der Waals surface area contributed by atoms with E-state index in [0.717, 1.165) is 64.2 Å². The lowest BCUT2D eigenvalue weighted by Crippen LogP contribution is -2.47. The molecule has 204 valence electrons. The zero-order valence-electron chi connectivity index (χ0n) is 21.4. The Kier molecular flexibility index (Phi) is 7.38. The molecule has 1 saturated heterocycles. The molecule has 1 amide bonds. The molecule has 5 rings (SSSR count). The van der Waals surface area contributed by atoms with E-state index in [-0.39, 0.29) is 5.56 Å². The van der Waals surface area contributed by atoms with Crippen molar-refractivity contribution in [3.63, 3.8) is 0 Å². The van der Waals surface area contributed by atoms with Crippen molar-refractivity contribution in [1.82, 2.24) is 24.6 Å². The number of ether oxygens (including phenoxy) is 1. The van der Waals surface area contributed by atoms with Crippen molar-refractivity contribution in [2.75, 3.05) is 31.6 Å². The molecule has 1 N–H and O–H groups in total. The number of amides is 1. The largest absolute Gasteiger partial charge is 0.433 e. The highest BCUT2D eigenvalue weighted by atomic mass is 19.4. The Morgan fingerprint density at radius 1 is 1.10 bits per heavy atom. The lowest BCUT2D eigenvalue weighted by Gasteiger charge is -2.41. The zero-order chi connectivity index (χ0) is 27.6. The number of carbonyl (C=O) groups is 1. The second-order valence-electron chi connectivity index (χ2n) is 9.91. The van der Waals surface area contributed by atoms with Gasteiger partial charge in [0.1, 0.15) is 5.69 Å². The maximum atomic E-state index is 12.9. The summed E-state index contributed by atoms with van der Waals surface area (Å²) in [7, 11) is 0. The van der Waals surface area contributed by atoms with Gasteiger partial charge in [0.05, 0.1) is 71.6 Å². The van der Waals surface area contributed by atoms with E-state index >= 15 is 0 Å². The Morgan fingerprint density at radius 2 is 1.85 bits per heavy atom. The summed E-state index contributed by atoms with van der Waals surface area (Å²) in [4.78, 5) is 23.4. The van der Waals surface area contributed by atoms with Gasteiger partial charge in [0.15, 0.2) is 0 Å². The van der Waals surface area contributed by atoms with Gasteiger partial charge in [-0.15, -0.1) is 0 Å². The van der Waals surface area contributed by atoms with Crippen LogP contribution in [0.15, 0.2) is 42.9 Å². The van der Waals surface area contributed by atoms with Crippen LogP contribution in [0.2, 0.25) is 0 Å². The van der Waals surface area contributed by atoms with Crippen LogP contribution in [0.4, 0.5) is 18.9 Å². The van der Waals surface area contributed by atoms with Crippen LogP contribution in [0.1, 0.15) is 53.1 Å². The molecule has 12 heteroatoms. The fraction of sp³-hybridized carbons (Fsp3) is 0.444. The first kappa shape index (κ1) is 26.8. The molecule has 0 spiro atoms. The van der Waals surface area contributed by atoms with Crippen molar-refractivity contribution in [3.8, 4) is 11.8 Å². The van der Waals surface area contributed by atoms with Crippen LogP contribution < -0.4 is 5.32 Å². The average molecular weight is 540 g/mol. The maximum Gasteiger partial charge on any atom is 0.433 e. The van der Waals surface area contributed by atoms with Crippen molar-refractivity contribution in [1.29, 1.82) is 5.26 Å². The van der Waals surface area contributed by atoms with E-state index in [2.05, 4.69) is 31.4 Å². The van der Waals surface area contributed by atoms with E-state index in [4.69, 9.17) is 4.74 Å². The van der Waals surface area contributed by atoms with E-state index in [9.17, 15) is 23.2 Å². The topological polar surface area (TPSA) is 109 Å². The SMILES string of the molecule is Cc1c(C(=O)Nc2ccc(C3(C#N)CCC(N4CCOCC4)CC3)nc2)cnn1-c1ccc(C(F)(F)F)nc1. The number of aromatic nitrogens is 4. The second kappa shape index (κ2) is 10.7. The summed E-state index contributed by atoms with van der Waals surface area (Å²) < 4.78 is 45.2. The van der Waals surface area contributed by atoms with Crippen LogP contribution in [0.3, 0.4) is 0 Å². The van der Waals surface area contributed by atoms with Gasteiger partial charge in [-0.05, 0) is 56.9 Å². The first-order valence-electron chi connectivity index (χ1n) is 12.8. The summed E-state index contributed by atoms with van der Waals surface area (Å²) in [6, 6.07) is 8.60. The number of alkyl halides is 3. The van der Waals surface area contributed by atoms with E-state index in [1.807, 2.05) is 0 Å². The van der Waals surface area contributed by atoms with Crippen molar-refractivity contribution < 1.29 is 22.7 Å². The van der Waals surface area contributed by atoms with Crippen molar-refractivity contribution >= 4 is 11.6 Å². The smallest absolute Gasteiger partial charge is 0.379 e. The number of halogens is 3. The van der Waals surface area contributed by atoms with Gasteiger partial charge in [0.2, 0.25) is 0 Å². The molecular formula is C27H28F3N7O2. The van der Waals surface area contributed by atoms with Gasteiger partial charge in [-0.2, -0.15) is 23.5 Å². The summed E-state index contributed by atoms with van der Waals surface area (Å²) in [5.41, 5.74) is 0.500. The predicted molar refractivity (Wildman–Crippen MR) is 135 cm³/mol. The highest BCUT2D eigenvalue weighted by Crippen LogP contribution is 2.40. The molecule has 39 heavy (non-hydrogen) atoms. The third-order valence-electron chi connectivity index (χ3n) is 7.63. The second-order valence-corrected chi connectivity index (χ2v) is 9.91. The number of pyridine rings is 2. The van der Waals surface area contributed by atoms with Crippen LogP contribution in [-0.2, 0) is 16.3 Å². The molecule has 1 saturated carbocycles. The van der Waals surface area contributed by atoms with Crippen molar-refractivity contribution in [2.24, 2.45) is 0 Å². The summed E-state index contributed by atoms with van der Waals surface area (Å²) >= 11 is 0. The van der Waals surface area contributed by atoms with Gasteiger partial charge < -0.3 is 10.1 Å². The van der Waals surface area contributed by atoms with Gasteiger partial charge in [-0.1, -0.05) is 0 Å². The number of carbonyl (C=O) groups excluding carboxylic acids is 1. The lowest BCUT2D eigenvalue weighted by atomic mass is 9.71. The number of rotatable bonds is 5. The first-order chi connectivity index (χ1) is 18.7. The summed E-state index contributed by atoms with van der Waals surface area (Å²) in [5.74, 6) is -0.436. The number of nitriles is 1. The number of morpholine rings is 1. The normalized spacial score (nSPS) is 22.3. The monoisotopic (exact) mass is 539 g/mol. The number of hydrogen-bond acceptors (Lipinski definition) is 7. The highest BCUT2D eigenvalue weighted by molar-refractivity contribution is 6.04. The highest BCUT2D eigenvalue weighted by Gasteiger charge is 2.40. The molecule has 9 nitrogen and oxygen atoms in total. The number of hydrogen-bond donors (Lipinski definition) is 1. The van der Waals surface area contributed by atoms with Crippen LogP contribution in [0.25, 0.3) is 5.69 Å². The maximum absolute atomic E-state index is 12.9. The summed E-state index contributed by atoms with van der Waals surface area (Å²) in [5, 5.41) is 17.0. The third kappa shape index (κ3) is 5.51. The minimum atomic E-state index is -4.54. The van der Waals surface area contributed by atoms with Gasteiger partial charge in [0, 0.05) is 19.1 Å². The molecular weight excluding hydrogens is 511 g/mol. The molecule has 0 radical (unpaired) electrons. The van der Waals surface area contributed by atoms with E-state index in [0.29, 0.717) is 28.8 Å². The van der Waals surface area contributed by atoms with E-state index < -0.39 is 23.2 Å². The molecule has 0 atom stereocenters. The van der Waals surface area contributed by atoms with Gasteiger partial charge in [-0.3, -0.25) is 14.7 Å². The van der Waals surface area contributed by atoms with Crippen LogP contribution in [-0.4, -0.2) is 62.9 Å². The van der Waals surface area contributed by atoms with E-state index in [1.165, 1.54) is 16.9 Å². The molecule has 3 aromatic rings. The first-order valence-corrected chi connectivity index (χ1v) is 12.8. The quantitative estimate of drug-likeness (QED) is 0.516. The Hall–Kier alpha value is -3.82. The van der Waals surface area contributed by atoms with Crippen LogP contribution in [0.5, 0.6) is 0 Å². The molecule has 1 aliphatic heterocycles. The van der Waals surface area contributed by atoms with Gasteiger partial charge in [0.25, 0.3) is 5.91 Å². The molecule has 2 fully saturated rings. The third-order valence-corrected chi connectivity index (χ3v) is 7.63. The molecule has 0 bridgehead atoms. The molecule has 4 heterocycles. The molecule has 1 aliphatic carbocycles. The Labute approximate surface area is 223 Å². The van der Waals surface area contributed by atoms with Gasteiger partial charge in [-0.25, -0.2) is 9.67 Å². The fourth-order valence-corrected chi connectivity index (χ4v) is 5.35. The predicted octanol–water partition coefficient (Wildman–Crippen LogP) is 4.28. The zero-order valence-corrected chi connectivity index (χ0v) is 21.4. The lowest BCUT2D eigenvalue weighted by molar-refractivity contribution is -0.141. The molecule has 2 aliphatic rings. The minimum absolute atomic E-state index is 0.258. The van der Waals surface area contributed by atoms with Crippen molar-refractivity contribution in [2.45, 2.75) is 50.2 Å². The fourth-order valence-electron chi connectivity index (χ4n) is 5.35. The molecule has 0 aromatic carbocycles. The Morgan fingerprint density at radius 3 is 2.44 bits per heavy atom. The summed E-state index contributed by atoms with van der Waals surface area (Å²) in [6.45, 7) is 5.00. The Bertz CT molecular complexity index is 1350. The number of anilines is 1. The number of nitrogens with zero attached hydrogens (tertiary/aromatic N) is 6. The van der Waals surface area contributed by atoms with E-state index in [1.54, 1.807) is 25.3 Å². The Balaban J connectivity index is 1.24. The standard InChI is InChI=1S/C27H28F3N7O2/c1-18-22(16-34-37(18)21-3-5-24(33-15-21)27(28,29)30)25(38)35-19-2-4-23(32-14-19)26(17-31)8-6-20(7-9-26)36-10-12-39-13-11-36/h2-5,14-16,20H,6-13H2,1H3,(H,35,38). The number of nitrogens with one attached hydrogen (secondary N) is 1. The van der Waals surface area contributed by atoms with Crippen LogP contribution in [0, 0.1) is 18.3 Å². The molecule has 0 unspecified atom stereocenters. The van der Waals surface area contributed by atoms with Crippen LogP contribution >= 0.6 is 0 Å². The molecule has 3 aromatic heterocycles. The average Bonchev–Trinajstić information content (AvgIpc) is 3.35. The van der Waals surface area contributed by atoms with Crippen molar-refractivity contribution in [3.05, 3.63) is 65.5 Å². The van der Waals surface area contributed by atoms with Gasteiger partial charge >= 0.3 is 6.18 Å².